The summed E-state index contributed by atoms with van der Waals surface area (Å²) in [5.41, 5.74) is 4.66. The fourth-order valence-electron chi connectivity index (χ4n) is 5.45. The van der Waals surface area contributed by atoms with Crippen LogP contribution in [0.3, 0.4) is 0 Å². The summed E-state index contributed by atoms with van der Waals surface area (Å²) in [5, 5.41) is 19.9. The third kappa shape index (κ3) is 4.09. The van der Waals surface area contributed by atoms with Crippen LogP contribution in [-0.4, -0.2) is 38.9 Å². The van der Waals surface area contributed by atoms with E-state index >= 15 is 0 Å². The minimum absolute atomic E-state index is 0.0912. The highest BCUT2D eigenvalue weighted by atomic mass is 32.1. The van der Waals surface area contributed by atoms with Crippen molar-refractivity contribution in [3.8, 4) is 17.2 Å². The van der Waals surface area contributed by atoms with E-state index in [4.69, 9.17) is 4.98 Å². The summed E-state index contributed by atoms with van der Waals surface area (Å²) in [5.74, 6) is 0. The zero-order valence-corrected chi connectivity index (χ0v) is 20.9. The van der Waals surface area contributed by atoms with Crippen LogP contribution in [0.4, 0.5) is 5.13 Å². The summed E-state index contributed by atoms with van der Waals surface area (Å²) in [6.45, 7) is 9.14. The van der Waals surface area contributed by atoms with E-state index in [0.717, 1.165) is 50.2 Å². The second-order valence-corrected chi connectivity index (χ2v) is 11.6. The number of nitrogens with zero attached hydrogens (tertiary/aromatic N) is 5. The number of nitriles is 1. The molecule has 0 aliphatic carbocycles. The van der Waals surface area contributed by atoms with Gasteiger partial charge >= 0.3 is 0 Å². The molecule has 1 N–H and O–H groups in total. The van der Waals surface area contributed by atoms with E-state index in [1.165, 1.54) is 0 Å². The van der Waals surface area contributed by atoms with Gasteiger partial charge in [0.1, 0.15) is 11.6 Å². The second kappa shape index (κ2) is 7.54. The first-order valence-electron chi connectivity index (χ1n) is 11.3. The van der Waals surface area contributed by atoms with Crippen LogP contribution in [0.5, 0.6) is 0 Å². The number of hydrogen-bond acceptors (Lipinski definition) is 6. The molecule has 0 atom stereocenters. The Kier molecular flexibility index (Phi) is 5.00. The molecule has 7 heteroatoms. The molecule has 0 spiro atoms. The third-order valence-electron chi connectivity index (χ3n) is 6.57. The maximum atomic E-state index is 9.63. The Hall–Kier alpha value is -2.95. The fraction of sp³-hybridized carbons (Fsp3) is 0.423. The number of rotatable bonds is 3. The van der Waals surface area contributed by atoms with Gasteiger partial charge in [0.2, 0.25) is 0 Å². The highest BCUT2D eigenvalue weighted by Crippen LogP contribution is 2.37. The van der Waals surface area contributed by atoms with E-state index in [9.17, 15) is 5.26 Å². The molecule has 1 aliphatic rings. The van der Waals surface area contributed by atoms with Crippen molar-refractivity contribution < 1.29 is 0 Å². The van der Waals surface area contributed by atoms with Gasteiger partial charge in [0.15, 0.2) is 5.13 Å². The number of thiazole rings is 1. The molecule has 33 heavy (non-hydrogen) atoms. The fourth-order valence-corrected chi connectivity index (χ4v) is 6.49. The maximum Gasteiger partial charge on any atom is 0.186 e. The molecule has 170 valence electrons. The number of hydrogen-bond donors (Lipinski definition) is 1. The first-order valence-corrected chi connectivity index (χ1v) is 12.2. The van der Waals surface area contributed by atoms with Gasteiger partial charge in [-0.2, -0.15) is 10.4 Å². The SMILES string of the molecule is CN(c1nc2ccc(-c3cc(C#N)c4nn(C)cc4c3)cc2s1)C1CC(C)(C)NC(C)(C)C1. The van der Waals surface area contributed by atoms with Gasteiger partial charge < -0.3 is 10.2 Å². The molecule has 0 saturated carbocycles. The molecule has 2 aromatic carbocycles. The average molecular weight is 459 g/mol. The molecule has 0 bridgehead atoms. The van der Waals surface area contributed by atoms with Gasteiger partial charge in [-0.15, -0.1) is 0 Å². The first-order chi connectivity index (χ1) is 15.5. The second-order valence-electron chi connectivity index (χ2n) is 10.6. The van der Waals surface area contributed by atoms with Crippen LogP contribution in [0.25, 0.3) is 32.2 Å². The smallest absolute Gasteiger partial charge is 0.186 e. The Morgan fingerprint density at radius 3 is 2.55 bits per heavy atom. The van der Waals surface area contributed by atoms with Crippen molar-refractivity contribution in [1.82, 2.24) is 20.1 Å². The Bertz CT molecular complexity index is 1390. The lowest BCUT2D eigenvalue weighted by Crippen LogP contribution is -2.61. The largest absolute Gasteiger partial charge is 0.348 e. The van der Waals surface area contributed by atoms with Gasteiger partial charge in [0, 0.05) is 42.8 Å². The van der Waals surface area contributed by atoms with Crippen molar-refractivity contribution >= 4 is 37.6 Å². The summed E-state index contributed by atoms with van der Waals surface area (Å²) in [7, 11) is 4.06. The molecule has 4 aromatic rings. The van der Waals surface area contributed by atoms with E-state index in [2.05, 4.69) is 80.4 Å². The number of fused-ring (bicyclic) bond motifs is 2. The van der Waals surface area contributed by atoms with Crippen molar-refractivity contribution in [2.45, 2.75) is 57.7 Å². The normalized spacial score (nSPS) is 18.0. The summed E-state index contributed by atoms with van der Waals surface area (Å²) >= 11 is 1.74. The van der Waals surface area contributed by atoms with Gasteiger partial charge in [0.05, 0.1) is 15.8 Å². The molecular formula is C26H30N6S. The highest BCUT2D eigenvalue weighted by molar-refractivity contribution is 7.22. The van der Waals surface area contributed by atoms with Gasteiger partial charge in [-0.1, -0.05) is 17.4 Å². The molecule has 1 fully saturated rings. The van der Waals surface area contributed by atoms with E-state index in [-0.39, 0.29) is 11.1 Å². The molecule has 1 aliphatic heterocycles. The number of anilines is 1. The van der Waals surface area contributed by atoms with Crippen LogP contribution in [0.2, 0.25) is 0 Å². The van der Waals surface area contributed by atoms with Crippen LogP contribution in [0.1, 0.15) is 46.1 Å². The van der Waals surface area contributed by atoms with Crippen molar-refractivity contribution in [1.29, 1.82) is 5.26 Å². The lowest BCUT2D eigenvalue weighted by molar-refractivity contribution is 0.161. The zero-order valence-electron chi connectivity index (χ0n) is 20.1. The minimum atomic E-state index is 0.0912. The lowest BCUT2D eigenvalue weighted by Gasteiger charge is -2.48. The molecule has 2 aromatic heterocycles. The molecule has 6 nitrogen and oxygen atoms in total. The molecule has 5 rings (SSSR count). The molecule has 0 amide bonds. The maximum absolute atomic E-state index is 9.63. The number of benzene rings is 2. The van der Waals surface area contributed by atoms with Crippen molar-refractivity contribution in [3.63, 3.8) is 0 Å². The Balaban J connectivity index is 1.50. The highest BCUT2D eigenvalue weighted by Gasteiger charge is 2.39. The zero-order chi connectivity index (χ0) is 23.5. The number of nitrogens with one attached hydrogen (secondary N) is 1. The molecule has 0 radical (unpaired) electrons. The number of aromatic nitrogens is 3. The first kappa shape index (κ1) is 21.9. The van der Waals surface area contributed by atoms with Gasteiger partial charge in [-0.05, 0) is 75.9 Å². The van der Waals surface area contributed by atoms with E-state index in [1.807, 2.05) is 19.3 Å². The lowest BCUT2D eigenvalue weighted by atomic mass is 9.79. The van der Waals surface area contributed by atoms with Gasteiger partial charge in [-0.3, -0.25) is 4.68 Å². The van der Waals surface area contributed by atoms with Crippen molar-refractivity contribution in [2.75, 3.05) is 11.9 Å². The van der Waals surface area contributed by atoms with E-state index in [0.29, 0.717) is 11.6 Å². The number of piperidine rings is 1. The quantitative estimate of drug-likeness (QED) is 0.441. The van der Waals surface area contributed by atoms with Crippen molar-refractivity contribution in [2.24, 2.45) is 7.05 Å². The monoisotopic (exact) mass is 458 g/mol. The van der Waals surface area contributed by atoms with Crippen LogP contribution in [0, 0.1) is 11.3 Å². The van der Waals surface area contributed by atoms with Gasteiger partial charge in [0.25, 0.3) is 0 Å². The molecular weight excluding hydrogens is 428 g/mol. The molecule has 1 saturated heterocycles. The molecule has 0 unspecified atom stereocenters. The minimum Gasteiger partial charge on any atom is -0.348 e. The average Bonchev–Trinajstić information content (AvgIpc) is 3.31. The number of aryl methyl sites for hydroxylation is 1. The summed E-state index contributed by atoms with van der Waals surface area (Å²) < 4.78 is 2.92. The van der Waals surface area contributed by atoms with Crippen LogP contribution < -0.4 is 10.2 Å². The van der Waals surface area contributed by atoms with Gasteiger partial charge in [-0.25, -0.2) is 4.98 Å². The van der Waals surface area contributed by atoms with E-state index in [1.54, 1.807) is 16.0 Å². The van der Waals surface area contributed by atoms with Crippen LogP contribution in [-0.2, 0) is 7.05 Å². The summed E-state index contributed by atoms with van der Waals surface area (Å²) in [4.78, 5) is 7.33. The Labute approximate surface area is 198 Å². The predicted octanol–water partition coefficient (Wildman–Crippen LogP) is 5.47. The molecule has 3 heterocycles. The van der Waals surface area contributed by atoms with Crippen LogP contribution in [0.15, 0.2) is 36.5 Å². The standard InChI is InChI=1S/C26H30N6S/c1-25(2)12-20(13-26(3,4)30-25)32(6)24-28-21-8-7-16(11-22(21)33-24)17-9-18(14-27)23-19(10-17)15-31(5)29-23/h7-11,15,20,30H,12-13H2,1-6H3. The Morgan fingerprint density at radius 2 is 1.85 bits per heavy atom. The predicted molar refractivity (Wildman–Crippen MR) is 137 cm³/mol. The van der Waals surface area contributed by atoms with Crippen molar-refractivity contribution in [3.05, 3.63) is 42.1 Å². The topological polar surface area (TPSA) is 69.8 Å². The summed E-state index contributed by atoms with van der Waals surface area (Å²) in [6, 6.07) is 13.2. The third-order valence-corrected chi connectivity index (χ3v) is 7.68. The summed E-state index contributed by atoms with van der Waals surface area (Å²) in [6.07, 6.45) is 4.12. The van der Waals surface area contributed by atoms with E-state index < -0.39 is 0 Å². The Morgan fingerprint density at radius 1 is 1.12 bits per heavy atom. The van der Waals surface area contributed by atoms with Crippen LogP contribution >= 0.6 is 11.3 Å².